The number of hydrogen-bond acceptors (Lipinski definition) is 3. The minimum Gasteiger partial charge on any atom is -0.447 e. The molecular formula is C12H13BrClN3O2. The number of hydrogen-bond donors (Lipinski definition) is 2. The molecule has 2 aromatic rings. The molecule has 0 aliphatic heterocycles. The topological polar surface area (TPSA) is 67.0 Å². The molecule has 2 rings (SSSR count). The van der Waals surface area contributed by atoms with Crippen molar-refractivity contribution in [3.8, 4) is 0 Å². The first-order valence-corrected chi connectivity index (χ1v) is 6.91. The molecule has 1 amide bonds. The van der Waals surface area contributed by atoms with E-state index in [1.807, 2.05) is 6.07 Å². The lowest BCUT2D eigenvalue weighted by Crippen LogP contribution is -2.26. The van der Waals surface area contributed by atoms with Crippen LogP contribution in [0, 0.1) is 0 Å². The summed E-state index contributed by atoms with van der Waals surface area (Å²) in [5.74, 6) is 0. The first kappa shape index (κ1) is 14.1. The Hall–Kier alpha value is -1.27. The Morgan fingerprint density at radius 2 is 2.32 bits per heavy atom. The van der Waals surface area contributed by atoms with Crippen LogP contribution in [-0.4, -0.2) is 22.2 Å². The summed E-state index contributed by atoms with van der Waals surface area (Å²) in [6.45, 7) is 3.94. The van der Waals surface area contributed by atoms with E-state index in [0.717, 1.165) is 11.1 Å². The third kappa shape index (κ3) is 3.61. The second-order valence-corrected chi connectivity index (χ2v) is 5.46. The first-order valence-electron chi connectivity index (χ1n) is 5.74. The van der Waals surface area contributed by atoms with Gasteiger partial charge in [-0.2, -0.15) is 0 Å². The van der Waals surface area contributed by atoms with Crippen molar-refractivity contribution in [2.75, 3.05) is 0 Å². The Morgan fingerprint density at radius 1 is 1.58 bits per heavy atom. The molecule has 0 radical (unpaired) electrons. The summed E-state index contributed by atoms with van der Waals surface area (Å²) in [5, 5.41) is 4.09. The number of halogens is 2. The average Bonchev–Trinajstić information content (AvgIpc) is 2.68. The molecule has 0 aliphatic carbocycles. The number of H-pyrrole nitrogens is 1. The number of aromatic nitrogens is 2. The summed E-state index contributed by atoms with van der Waals surface area (Å²) in [5.41, 5.74) is 1.54. The SMILES string of the molecule is CC(C)OC(=O)NCc1cc2cc(Cl)c(Br)nc2[nH]1. The van der Waals surface area contributed by atoms with Crippen molar-refractivity contribution in [2.45, 2.75) is 26.5 Å². The molecule has 0 atom stereocenters. The molecular weight excluding hydrogens is 334 g/mol. The summed E-state index contributed by atoms with van der Waals surface area (Å²) < 4.78 is 5.56. The van der Waals surface area contributed by atoms with E-state index in [2.05, 4.69) is 31.2 Å². The van der Waals surface area contributed by atoms with Gasteiger partial charge in [0.2, 0.25) is 0 Å². The minimum absolute atomic E-state index is 0.140. The van der Waals surface area contributed by atoms with E-state index in [-0.39, 0.29) is 6.10 Å². The summed E-state index contributed by atoms with van der Waals surface area (Å²) in [7, 11) is 0. The highest BCUT2D eigenvalue weighted by atomic mass is 79.9. The smallest absolute Gasteiger partial charge is 0.407 e. The molecule has 0 unspecified atom stereocenters. The maximum atomic E-state index is 11.4. The molecule has 19 heavy (non-hydrogen) atoms. The highest BCUT2D eigenvalue weighted by Gasteiger charge is 2.08. The molecule has 0 fully saturated rings. The van der Waals surface area contributed by atoms with Gasteiger partial charge in [0.1, 0.15) is 10.3 Å². The lowest BCUT2D eigenvalue weighted by atomic mass is 10.3. The zero-order valence-corrected chi connectivity index (χ0v) is 12.8. The Morgan fingerprint density at radius 3 is 3.00 bits per heavy atom. The molecule has 2 N–H and O–H groups in total. The van der Waals surface area contributed by atoms with Crippen molar-refractivity contribution in [2.24, 2.45) is 0 Å². The summed E-state index contributed by atoms with van der Waals surface area (Å²) >= 11 is 9.23. The lowest BCUT2D eigenvalue weighted by molar-refractivity contribution is 0.115. The number of ether oxygens (including phenoxy) is 1. The molecule has 0 saturated heterocycles. The first-order chi connectivity index (χ1) is 8.95. The predicted molar refractivity (Wildman–Crippen MR) is 77.3 cm³/mol. The third-order valence-corrected chi connectivity index (χ3v) is 3.46. The number of carbonyl (C=O) groups is 1. The fraction of sp³-hybridized carbons (Fsp3) is 0.333. The van der Waals surface area contributed by atoms with Crippen LogP contribution in [0.3, 0.4) is 0 Å². The largest absolute Gasteiger partial charge is 0.447 e. The van der Waals surface area contributed by atoms with Crippen LogP contribution in [0.25, 0.3) is 11.0 Å². The normalized spacial score (nSPS) is 11.0. The Labute approximate surface area is 123 Å². The second kappa shape index (κ2) is 5.79. The highest BCUT2D eigenvalue weighted by molar-refractivity contribution is 9.10. The van der Waals surface area contributed by atoms with Crippen molar-refractivity contribution in [1.82, 2.24) is 15.3 Å². The average molecular weight is 347 g/mol. The Kier molecular flexibility index (Phi) is 4.31. The van der Waals surface area contributed by atoms with E-state index < -0.39 is 6.09 Å². The number of amides is 1. The molecule has 0 bridgehead atoms. The summed E-state index contributed by atoms with van der Waals surface area (Å²) in [6.07, 6.45) is -0.583. The van der Waals surface area contributed by atoms with E-state index >= 15 is 0 Å². The Balaban J connectivity index is 2.08. The van der Waals surface area contributed by atoms with Crippen LogP contribution in [0.5, 0.6) is 0 Å². The number of nitrogens with one attached hydrogen (secondary N) is 2. The number of rotatable bonds is 3. The van der Waals surface area contributed by atoms with Gasteiger partial charge >= 0.3 is 6.09 Å². The van der Waals surface area contributed by atoms with Gasteiger partial charge in [0.15, 0.2) is 0 Å². The molecule has 2 heterocycles. The molecule has 0 aromatic carbocycles. The van der Waals surface area contributed by atoms with Gasteiger partial charge in [-0.25, -0.2) is 9.78 Å². The van der Waals surface area contributed by atoms with Gasteiger partial charge in [-0.1, -0.05) is 11.6 Å². The standard InChI is InChI=1S/C12H13BrClN3O2/c1-6(2)19-12(18)15-5-8-3-7-4-9(14)10(13)17-11(7)16-8/h3-4,6H,5H2,1-2H3,(H,15,18)(H,16,17). The third-order valence-electron chi connectivity index (χ3n) is 2.34. The van der Waals surface area contributed by atoms with E-state index in [0.29, 0.717) is 21.8 Å². The van der Waals surface area contributed by atoms with Gasteiger partial charge < -0.3 is 15.0 Å². The van der Waals surface area contributed by atoms with E-state index in [4.69, 9.17) is 16.3 Å². The maximum absolute atomic E-state index is 11.4. The van der Waals surface area contributed by atoms with Crippen LogP contribution >= 0.6 is 27.5 Å². The molecule has 2 aromatic heterocycles. The van der Waals surface area contributed by atoms with Crippen LogP contribution in [-0.2, 0) is 11.3 Å². The van der Waals surface area contributed by atoms with Crippen molar-refractivity contribution >= 4 is 44.7 Å². The van der Waals surface area contributed by atoms with Crippen molar-refractivity contribution in [3.63, 3.8) is 0 Å². The van der Waals surface area contributed by atoms with Crippen LogP contribution in [0.4, 0.5) is 4.79 Å². The number of carbonyl (C=O) groups excluding carboxylic acids is 1. The summed E-state index contributed by atoms with van der Waals surface area (Å²) in [4.78, 5) is 18.7. The van der Waals surface area contributed by atoms with Gasteiger partial charge in [-0.15, -0.1) is 0 Å². The quantitative estimate of drug-likeness (QED) is 0.834. The van der Waals surface area contributed by atoms with Crippen LogP contribution in [0.2, 0.25) is 5.02 Å². The second-order valence-electron chi connectivity index (χ2n) is 4.30. The number of nitrogens with zero attached hydrogens (tertiary/aromatic N) is 1. The van der Waals surface area contributed by atoms with E-state index in [1.165, 1.54) is 0 Å². The molecule has 0 aliphatic rings. The van der Waals surface area contributed by atoms with Crippen molar-refractivity contribution in [3.05, 3.63) is 27.5 Å². The highest BCUT2D eigenvalue weighted by Crippen LogP contribution is 2.25. The number of fused-ring (bicyclic) bond motifs is 1. The fourth-order valence-electron chi connectivity index (χ4n) is 1.58. The van der Waals surface area contributed by atoms with Gasteiger partial charge in [0, 0.05) is 11.1 Å². The van der Waals surface area contributed by atoms with Gasteiger partial charge in [-0.05, 0) is 41.9 Å². The fourth-order valence-corrected chi connectivity index (χ4v) is 2.04. The minimum atomic E-state index is -0.444. The zero-order valence-electron chi connectivity index (χ0n) is 10.5. The number of aromatic amines is 1. The van der Waals surface area contributed by atoms with Crippen LogP contribution < -0.4 is 5.32 Å². The number of pyridine rings is 1. The number of alkyl carbamates (subject to hydrolysis) is 1. The monoisotopic (exact) mass is 345 g/mol. The van der Waals surface area contributed by atoms with Gasteiger partial charge in [0.25, 0.3) is 0 Å². The van der Waals surface area contributed by atoms with Crippen LogP contribution in [0.1, 0.15) is 19.5 Å². The van der Waals surface area contributed by atoms with E-state index in [9.17, 15) is 4.79 Å². The van der Waals surface area contributed by atoms with Crippen LogP contribution in [0.15, 0.2) is 16.7 Å². The van der Waals surface area contributed by atoms with Crippen molar-refractivity contribution in [1.29, 1.82) is 0 Å². The predicted octanol–water partition coefficient (Wildman–Crippen LogP) is 3.61. The van der Waals surface area contributed by atoms with E-state index in [1.54, 1.807) is 19.9 Å². The molecule has 102 valence electrons. The Bertz CT molecular complexity index is 573. The molecule has 5 nitrogen and oxygen atoms in total. The van der Waals surface area contributed by atoms with Gasteiger partial charge in [0.05, 0.1) is 17.7 Å². The molecule has 7 heteroatoms. The molecule has 0 saturated carbocycles. The zero-order chi connectivity index (χ0) is 14.0. The molecule has 0 spiro atoms. The van der Waals surface area contributed by atoms with Crippen molar-refractivity contribution < 1.29 is 9.53 Å². The van der Waals surface area contributed by atoms with Gasteiger partial charge in [-0.3, -0.25) is 0 Å². The summed E-state index contributed by atoms with van der Waals surface area (Å²) in [6, 6.07) is 3.69. The lowest BCUT2D eigenvalue weighted by Gasteiger charge is -2.08. The maximum Gasteiger partial charge on any atom is 0.407 e.